The van der Waals surface area contributed by atoms with E-state index in [9.17, 15) is 13.2 Å². The summed E-state index contributed by atoms with van der Waals surface area (Å²) in [5, 5.41) is 9.82. The zero-order valence-corrected chi connectivity index (χ0v) is 11.9. The molecule has 0 saturated heterocycles. The van der Waals surface area contributed by atoms with Crippen LogP contribution in [0.5, 0.6) is 0 Å². The summed E-state index contributed by atoms with van der Waals surface area (Å²) in [4.78, 5) is 11.9. The molecule has 0 aliphatic heterocycles. The third-order valence-electron chi connectivity index (χ3n) is 2.22. The maximum Gasteiger partial charge on any atom is 0.257 e. The second-order valence-electron chi connectivity index (χ2n) is 3.97. The van der Waals surface area contributed by atoms with Crippen molar-refractivity contribution in [1.29, 1.82) is 0 Å². The highest BCUT2D eigenvalue weighted by atomic mass is 32.2. The van der Waals surface area contributed by atoms with Crippen LogP contribution in [0.1, 0.15) is 15.9 Å². The lowest BCUT2D eigenvalue weighted by molar-refractivity contribution is 0.102. The lowest BCUT2D eigenvalue weighted by atomic mass is 10.1. The van der Waals surface area contributed by atoms with Crippen molar-refractivity contribution in [2.24, 2.45) is 0 Å². The number of aryl methyl sites for hydroxylation is 1. The number of carbonyl (C=O) groups excluding carboxylic acids is 1. The predicted octanol–water partition coefficient (Wildman–Crippen LogP) is 1.50. The van der Waals surface area contributed by atoms with Gasteiger partial charge in [0.1, 0.15) is 0 Å². The molecule has 0 fully saturated rings. The minimum absolute atomic E-state index is 0.118. The molecule has 1 aromatic heterocycles. The summed E-state index contributed by atoms with van der Waals surface area (Å²) in [7, 11) is -3.40. The number of amides is 1. The first-order valence-corrected chi connectivity index (χ1v) is 7.98. The molecule has 0 spiro atoms. The van der Waals surface area contributed by atoms with Crippen molar-refractivity contribution in [3.05, 3.63) is 35.4 Å². The van der Waals surface area contributed by atoms with E-state index in [-0.39, 0.29) is 15.4 Å². The number of nitrogens with one attached hydrogen (secondary N) is 1. The summed E-state index contributed by atoms with van der Waals surface area (Å²) < 4.78 is 22.4. The molecule has 0 atom stereocenters. The minimum Gasteiger partial charge on any atom is -0.296 e. The van der Waals surface area contributed by atoms with Gasteiger partial charge in [-0.1, -0.05) is 29.0 Å². The van der Waals surface area contributed by atoms with Crippen LogP contribution in [0.2, 0.25) is 0 Å². The zero-order chi connectivity index (χ0) is 14.0. The van der Waals surface area contributed by atoms with Crippen molar-refractivity contribution >= 4 is 32.2 Å². The average Bonchev–Trinajstić information content (AvgIpc) is 2.77. The summed E-state index contributed by atoms with van der Waals surface area (Å²) >= 11 is 0.825. The largest absolute Gasteiger partial charge is 0.296 e. The van der Waals surface area contributed by atoms with Gasteiger partial charge in [0.05, 0.1) is 0 Å². The highest BCUT2D eigenvalue weighted by Crippen LogP contribution is 2.20. The summed E-state index contributed by atoms with van der Waals surface area (Å²) in [6, 6.07) is 7.05. The fraction of sp³-hybridized carbons (Fsp3) is 0.182. The Hall–Kier alpha value is -1.80. The van der Waals surface area contributed by atoms with Crippen LogP contribution in [0.15, 0.2) is 28.6 Å². The highest BCUT2D eigenvalue weighted by Gasteiger charge is 2.16. The summed E-state index contributed by atoms with van der Waals surface area (Å²) in [5.41, 5.74) is 1.44. The number of anilines is 1. The van der Waals surface area contributed by atoms with E-state index in [1.54, 1.807) is 18.2 Å². The maximum atomic E-state index is 11.9. The molecule has 100 valence electrons. The highest BCUT2D eigenvalue weighted by molar-refractivity contribution is 7.92. The summed E-state index contributed by atoms with van der Waals surface area (Å²) in [6.07, 6.45) is 1.04. The molecule has 0 unspecified atom stereocenters. The summed E-state index contributed by atoms with van der Waals surface area (Å²) in [5.74, 6) is -0.347. The van der Waals surface area contributed by atoms with E-state index in [0.717, 1.165) is 23.2 Å². The average molecular weight is 297 g/mol. The molecule has 0 aliphatic rings. The van der Waals surface area contributed by atoms with E-state index < -0.39 is 9.84 Å². The SMILES string of the molecule is Cc1cccc(C(=O)Nc2nnc(S(C)(=O)=O)s2)c1. The lowest BCUT2D eigenvalue weighted by Gasteiger charge is -2.01. The Kier molecular flexibility index (Phi) is 3.63. The second kappa shape index (κ2) is 5.06. The monoisotopic (exact) mass is 297 g/mol. The van der Waals surface area contributed by atoms with Gasteiger partial charge in [-0.2, -0.15) is 0 Å². The molecule has 0 saturated carbocycles. The third kappa shape index (κ3) is 3.36. The van der Waals surface area contributed by atoms with Crippen molar-refractivity contribution in [2.45, 2.75) is 11.3 Å². The van der Waals surface area contributed by atoms with Crippen molar-refractivity contribution < 1.29 is 13.2 Å². The minimum atomic E-state index is -3.40. The van der Waals surface area contributed by atoms with Crippen LogP contribution in [-0.2, 0) is 9.84 Å². The molecular formula is C11H11N3O3S2. The van der Waals surface area contributed by atoms with E-state index in [4.69, 9.17) is 0 Å². The standard InChI is InChI=1S/C11H11N3O3S2/c1-7-4-3-5-8(6-7)9(15)12-10-13-14-11(18-10)19(2,16)17/h3-6H,1-2H3,(H,12,13,15). The first kappa shape index (κ1) is 13.6. The van der Waals surface area contributed by atoms with Gasteiger partial charge >= 0.3 is 0 Å². The van der Waals surface area contributed by atoms with Gasteiger partial charge in [0.15, 0.2) is 0 Å². The summed E-state index contributed by atoms with van der Waals surface area (Å²) in [6.45, 7) is 1.88. The Balaban J connectivity index is 2.18. The van der Waals surface area contributed by atoms with Crippen molar-refractivity contribution in [3.8, 4) is 0 Å². The van der Waals surface area contributed by atoms with Crippen LogP contribution in [0.3, 0.4) is 0 Å². The van der Waals surface area contributed by atoms with E-state index >= 15 is 0 Å². The molecule has 1 aromatic carbocycles. The molecule has 19 heavy (non-hydrogen) atoms. The van der Waals surface area contributed by atoms with Gasteiger partial charge in [-0.05, 0) is 19.1 Å². The van der Waals surface area contributed by atoms with Gasteiger partial charge in [-0.25, -0.2) is 8.42 Å². The number of benzene rings is 1. The Morgan fingerprint density at radius 1 is 1.32 bits per heavy atom. The molecule has 0 aliphatic carbocycles. The van der Waals surface area contributed by atoms with Crippen LogP contribution in [0, 0.1) is 6.92 Å². The normalized spacial score (nSPS) is 11.3. The van der Waals surface area contributed by atoms with Crippen molar-refractivity contribution in [2.75, 3.05) is 11.6 Å². The molecule has 2 aromatic rings. The Bertz CT molecular complexity index is 722. The second-order valence-corrected chi connectivity index (χ2v) is 7.14. The van der Waals surface area contributed by atoms with E-state index in [2.05, 4.69) is 15.5 Å². The van der Waals surface area contributed by atoms with Gasteiger partial charge in [-0.3, -0.25) is 10.1 Å². The zero-order valence-electron chi connectivity index (χ0n) is 10.2. The van der Waals surface area contributed by atoms with Gasteiger partial charge in [0.25, 0.3) is 5.91 Å². The lowest BCUT2D eigenvalue weighted by Crippen LogP contribution is -2.11. The molecule has 0 bridgehead atoms. The maximum absolute atomic E-state index is 11.9. The van der Waals surface area contributed by atoms with Crippen LogP contribution >= 0.6 is 11.3 Å². The molecule has 1 N–H and O–H groups in total. The number of nitrogens with zero attached hydrogens (tertiary/aromatic N) is 2. The predicted molar refractivity (Wildman–Crippen MR) is 72.2 cm³/mol. The molecule has 1 amide bonds. The van der Waals surface area contributed by atoms with E-state index in [1.807, 2.05) is 13.0 Å². The number of sulfone groups is 1. The molecular weight excluding hydrogens is 286 g/mol. The molecule has 8 heteroatoms. The number of hydrogen-bond donors (Lipinski definition) is 1. The quantitative estimate of drug-likeness (QED) is 0.867. The van der Waals surface area contributed by atoms with Gasteiger partial charge in [0, 0.05) is 11.8 Å². The number of carbonyl (C=O) groups is 1. The first-order valence-electron chi connectivity index (χ1n) is 5.28. The topological polar surface area (TPSA) is 89.0 Å². The Morgan fingerprint density at radius 3 is 2.63 bits per heavy atom. The molecule has 0 radical (unpaired) electrons. The van der Waals surface area contributed by atoms with E-state index in [1.165, 1.54) is 0 Å². The third-order valence-corrected chi connectivity index (χ3v) is 4.73. The van der Waals surface area contributed by atoms with Gasteiger partial charge in [0.2, 0.25) is 19.3 Å². The first-order chi connectivity index (χ1) is 8.86. The number of hydrogen-bond acceptors (Lipinski definition) is 6. The van der Waals surface area contributed by atoms with Crippen molar-refractivity contribution in [1.82, 2.24) is 10.2 Å². The Morgan fingerprint density at radius 2 is 2.05 bits per heavy atom. The number of rotatable bonds is 3. The van der Waals surface area contributed by atoms with Crippen LogP contribution in [0.4, 0.5) is 5.13 Å². The van der Waals surface area contributed by atoms with E-state index in [0.29, 0.717) is 5.56 Å². The molecule has 2 rings (SSSR count). The smallest absolute Gasteiger partial charge is 0.257 e. The Labute approximate surface area is 114 Å². The van der Waals surface area contributed by atoms with Crippen LogP contribution < -0.4 is 5.32 Å². The van der Waals surface area contributed by atoms with Crippen LogP contribution in [0.25, 0.3) is 0 Å². The molecule has 6 nitrogen and oxygen atoms in total. The number of aromatic nitrogens is 2. The van der Waals surface area contributed by atoms with Gasteiger partial charge in [-0.15, -0.1) is 10.2 Å². The van der Waals surface area contributed by atoms with Crippen molar-refractivity contribution in [3.63, 3.8) is 0 Å². The fourth-order valence-electron chi connectivity index (χ4n) is 1.37. The van der Waals surface area contributed by atoms with Crippen LogP contribution in [-0.4, -0.2) is 30.8 Å². The fourth-order valence-corrected chi connectivity index (χ4v) is 2.87. The van der Waals surface area contributed by atoms with Gasteiger partial charge < -0.3 is 0 Å². The molecule has 1 heterocycles.